The largest absolute Gasteiger partial charge is 0.504 e. The number of ether oxygens (including phenoxy) is 1. The van der Waals surface area contributed by atoms with E-state index in [9.17, 15) is 5.11 Å². The summed E-state index contributed by atoms with van der Waals surface area (Å²) in [6.45, 7) is 0. The number of phenolic OH excluding ortho intramolecular Hbond substituents is 1. The molecule has 1 rings (SSSR count). The van der Waals surface area contributed by atoms with Crippen LogP contribution >= 0.6 is 12.6 Å². The lowest BCUT2D eigenvalue weighted by molar-refractivity contribution is 0.373. The van der Waals surface area contributed by atoms with Gasteiger partial charge in [0.2, 0.25) is 0 Å². The first-order valence-corrected chi connectivity index (χ1v) is 4.56. The Labute approximate surface area is 83.3 Å². The van der Waals surface area contributed by atoms with Crippen LogP contribution < -0.4 is 4.74 Å². The predicted octanol–water partition coefficient (Wildman–Crippen LogP) is 2.34. The maximum absolute atomic E-state index is 9.61. The molecule has 0 radical (unpaired) electrons. The SMILES string of the molecule is COc1cccc(C=CCS)c1O. The van der Waals surface area contributed by atoms with Crippen molar-refractivity contribution in [1.82, 2.24) is 0 Å². The van der Waals surface area contributed by atoms with Crippen molar-refractivity contribution >= 4 is 18.7 Å². The van der Waals surface area contributed by atoms with Crippen LogP contribution in [0.4, 0.5) is 0 Å². The molecule has 0 bridgehead atoms. The van der Waals surface area contributed by atoms with Crippen molar-refractivity contribution in [1.29, 1.82) is 0 Å². The minimum absolute atomic E-state index is 0.169. The Morgan fingerprint density at radius 1 is 1.54 bits per heavy atom. The first-order chi connectivity index (χ1) is 6.29. The number of para-hydroxylation sites is 1. The van der Waals surface area contributed by atoms with Gasteiger partial charge in [0.15, 0.2) is 11.5 Å². The zero-order valence-corrected chi connectivity index (χ0v) is 8.29. The van der Waals surface area contributed by atoms with Crippen LogP contribution in [-0.2, 0) is 0 Å². The monoisotopic (exact) mass is 196 g/mol. The van der Waals surface area contributed by atoms with E-state index in [-0.39, 0.29) is 5.75 Å². The fourth-order valence-electron chi connectivity index (χ4n) is 1.02. The first-order valence-electron chi connectivity index (χ1n) is 3.93. The van der Waals surface area contributed by atoms with Crippen molar-refractivity contribution < 1.29 is 9.84 Å². The van der Waals surface area contributed by atoms with E-state index < -0.39 is 0 Å². The van der Waals surface area contributed by atoms with Gasteiger partial charge in [-0.25, -0.2) is 0 Å². The number of hydrogen-bond donors (Lipinski definition) is 2. The summed E-state index contributed by atoms with van der Waals surface area (Å²) in [5.41, 5.74) is 0.744. The molecule has 0 saturated heterocycles. The molecule has 2 nitrogen and oxygen atoms in total. The molecule has 0 saturated carbocycles. The average Bonchev–Trinajstić information content (AvgIpc) is 2.16. The van der Waals surface area contributed by atoms with Crippen molar-refractivity contribution in [2.24, 2.45) is 0 Å². The highest BCUT2D eigenvalue weighted by atomic mass is 32.1. The summed E-state index contributed by atoms with van der Waals surface area (Å²) in [4.78, 5) is 0. The third-order valence-corrected chi connectivity index (χ3v) is 1.86. The van der Waals surface area contributed by atoms with Crippen molar-refractivity contribution in [2.45, 2.75) is 0 Å². The van der Waals surface area contributed by atoms with Gasteiger partial charge in [0.1, 0.15) is 0 Å². The van der Waals surface area contributed by atoms with E-state index in [0.717, 1.165) is 5.56 Å². The molecule has 0 aliphatic carbocycles. The summed E-state index contributed by atoms with van der Waals surface area (Å²) in [7, 11) is 1.53. The molecule has 13 heavy (non-hydrogen) atoms. The lowest BCUT2D eigenvalue weighted by Gasteiger charge is -2.04. The summed E-state index contributed by atoms with van der Waals surface area (Å²) in [5.74, 6) is 1.31. The van der Waals surface area contributed by atoms with Crippen LogP contribution in [0, 0.1) is 0 Å². The number of thiol groups is 1. The summed E-state index contributed by atoms with van der Waals surface area (Å²) in [6.07, 6.45) is 3.67. The Balaban J connectivity index is 3.01. The molecule has 1 aromatic rings. The van der Waals surface area contributed by atoms with E-state index in [1.807, 2.05) is 24.3 Å². The standard InChI is InChI=1S/C10H12O2S/c1-12-9-6-2-4-8(10(9)11)5-3-7-13/h2-6,11,13H,7H2,1H3. The number of hydrogen-bond acceptors (Lipinski definition) is 3. The van der Waals surface area contributed by atoms with E-state index >= 15 is 0 Å². The Morgan fingerprint density at radius 3 is 2.92 bits per heavy atom. The van der Waals surface area contributed by atoms with Crippen LogP contribution in [0.1, 0.15) is 5.56 Å². The van der Waals surface area contributed by atoms with Gasteiger partial charge in [0.05, 0.1) is 7.11 Å². The first kappa shape index (κ1) is 9.99. The maximum atomic E-state index is 9.61. The summed E-state index contributed by atoms with van der Waals surface area (Å²) >= 11 is 4.03. The summed E-state index contributed by atoms with van der Waals surface area (Å²) in [6, 6.07) is 5.36. The van der Waals surface area contributed by atoms with Crippen LogP contribution in [0.15, 0.2) is 24.3 Å². The highest BCUT2D eigenvalue weighted by Crippen LogP contribution is 2.29. The van der Waals surface area contributed by atoms with E-state index in [1.54, 1.807) is 6.07 Å². The smallest absolute Gasteiger partial charge is 0.165 e. The fourth-order valence-corrected chi connectivity index (χ4v) is 1.12. The van der Waals surface area contributed by atoms with Gasteiger partial charge in [0, 0.05) is 11.3 Å². The Bertz CT molecular complexity index is 308. The molecule has 0 aliphatic heterocycles. The molecule has 0 amide bonds. The minimum Gasteiger partial charge on any atom is -0.504 e. The highest BCUT2D eigenvalue weighted by Gasteiger charge is 2.03. The molecular weight excluding hydrogens is 184 g/mol. The van der Waals surface area contributed by atoms with E-state index in [0.29, 0.717) is 11.5 Å². The number of methoxy groups -OCH3 is 1. The van der Waals surface area contributed by atoms with Gasteiger partial charge in [-0.1, -0.05) is 24.3 Å². The van der Waals surface area contributed by atoms with Crippen molar-refractivity contribution in [3.63, 3.8) is 0 Å². The Hall–Kier alpha value is -1.09. The molecule has 3 heteroatoms. The quantitative estimate of drug-likeness (QED) is 0.727. The number of phenols is 1. The third-order valence-electron chi connectivity index (χ3n) is 1.65. The van der Waals surface area contributed by atoms with Crippen LogP contribution in [0.5, 0.6) is 11.5 Å². The van der Waals surface area contributed by atoms with Gasteiger partial charge in [-0.05, 0) is 6.07 Å². The normalized spacial score (nSPS) is 10.6. The lowest BCUT2D eigenvalue weighted by Crippen LogP contribution is -1.84. The van der Waals surface area contributed by atoms with E-state index in [2.05, 4.69) is 12.6 Å². The number of aromatic hydroxyl groups is 1. The van der Waals surface area contributed by atoms with Gasteiger partial charge in [0.25, 0.3) is 0 Å². The van der Waals surface area contributed by atoms with Gasteiger partial charge in [-0.3, -0.25) is 0 Å². The molecule has 70 valence electrons. The molecular formula is C10H12O2S. The minimum atomic E-state index is 0.169. The van der Waals surface area contributed by atoms with Crippen LogP contribution in [0.2, 0.25) is 0 Å². The molecule has 0 fully saturated rings. The molecule has 0 aromatic heterocycles. The van der Waals surface area contributed by atoms with E-state index in [1.165, 1.54) is 7.11 Å². The summed E-state index contributed by atoms with van der Waals surface area (Å²) < 4.78 is 4.96. The second-order valence-corrected chi connectivity index (χ2v) is 2.85. The second kappa shape index (κ2) is 4.82. The third kappa shape index (κ3) is 2.42. The highest BCUT2D eigenvalue weighted by molar-refractivity contribution is 7.80. The molecule has 1 aromatic carbocycles. The molecule has 0 unspecified atom stereocenters. The molecule has 0 atom stereocenters. The molecule has 0 heterocycles. The van der Waals surface area contributed by atoms with Gasteiger partial charge in [-0.2, -0.15) is 12.6 Å². The Morgan fingerprint density at radius 2 is 2.31 bits per heavy atom. The van der Waals surface area contributed by atoms with Gasteiger partial charge >= 0.3 is 0 Å². The zero-order valence-electron chi connectivity index (χ0n) is 7.40. The van der Waals surface area contributed by atoms with Gasteiger partial charge in [-0.15, -0.1) is 0 Å². The predicted molar refractivity (Wildman–Crippen MR) is 57.5 cm³/mol. The zero-order chi connectivity index (χ0) is 9.68. The summed E-state index contributed by atoms with van der Waals surface area (Å²) in [5, 5.41) is 9.61. The Kier molecular flexibility index (Phi) is 3.71. The van der Waals surface area contributed by atoms with Crippen LogP contribution in [0.3, 0.4) is 0 Å². The number of rotatable bonds is 3. The van der Waals surface area contributed by atoms with Crippen LogP contribution in [0.25, 0.3) is 6.08 Å². The average molecular weight is 196 g/mol. The lowest BCUT2D eigenvalue weighted by atomic mass is 10.2. The molecule has 0 aliphatic rings. The van der Waals surface area contributed by atoms with Crippen molar-refractivity contribution in [2.75, 3.05) is 12.9 Å². The van der Waals surface area contributed by atoms with Crippen molar-refractivity contribution in [3.05, 3.63) is 29.8 Å². The van der Waals surface area contributed by atoms with Gasteiger partial charge < -0.3 is 9.84 Å². The maximum Gasteiger partial charge on any atom is 0.165 e. The van der Waals surface area contributed by atoms with Crippen LogP contribution in [-0.4, -0.2) is 18.0 Å². The topological polar surface area (TPSA) is 29.5 Å². The number of benzene rings is 1. The second-order valence-electron chi connectivity index (χ2n) is 2.48. The molecule has 1 N–H and O–H groups in total. The molecule has 0 spiro atoms. The van der Waals surface area contributed by atoms with Crippen molar-refractivity contribution in [3.8, 4) is 11.5 Å². The van der Waals surface area contributed by atoms with E-state index in [4.69, 9.17) is 4.74 Å². The fraction of sp³-hybridized carbons (Fsp3) is 0.200.